The van der Waals surface area contributed by atoms with Crippen molar-refractivity contribution in [1.82, 2.24) is 20.5 Å². The number of nitrogens with one attached hydrogen (secondary N) is 2. The van der Waals surface area contributed by atoms with Crippen molar-refractivity contribution in [3.05, 3.63) is 59.8 Å². The Hall–Kier alpha value is -2.60. The average Bonchev–Trinajstić information content (AvgIpc) is 2.74. The molecule has 2 atom stereocenters. The first-order valence-electron chi connectivity index (χ1n) is 9.92. The molecule has 2 unspecified atom stereocenters. The molecule has 2 N–H and O–H groups in total. The molecule has 1 aliphatic heterocycles. The van der Waals surface area contributed by atoms with E-state index in [1.807, 2.05) is 25.4 Å². The Morgan fingerprint density at radius 2 is 2.04 bits per heavy atom. The zero-order chi connectivity index (χ0) is 19.8. The topological polar surface area (TPSA) is 61.8 Å². The molecule has 0 spiro atoms. The molecular weight excluding hydrogens is 350 g/mol. The van der Waals surface area contributed by atoms with E-state index in [2.05, 4.69) is 62.8 Å². The van der Waals surface area contributed by atoms with E-state index < -0.39 is 0 Å². The van der Waals surface area contributed by atoms with Crippen LogP contribution in [0.5, 0.6) is 5.88 Å². The first-order valence-corrected chi connectivity index (χ1v) is 9.92. The van der Waals surface area contributed by atoms with Crippen molar-refractivity contribution in [2.24, 2.45) is 4.99 Å². The van der Waals surface area contributed by atoms with E-state index in [4.69, 9.17) is 4.74 Å². The Balaban J connectivity index is 1.46. The Bertz CT molecular complexity index is 747. The molecule has 6 heteroatoms. The molecule has 150 valence electrons. The summed E-state index contributed by atoms with van der Waals surface area (Å²) in [5.74, 6) is 1.46. The van der Waals surface area contributed by atoms with Crippen LogP contribution >= 0.6 is 0 Å². The molecule has 3 rings (SSSR count). The van der Waals surface area contributed by atoms with Crippen molar-refractivity contribution in [3.63, 3.8) is 0 Å². The van der Waals surface area contributed by atoms with E-state index in [-0.39, 0.29) is 0 Å². The summed E-state index contributed by atoms with van der Waals surface area (Å²) < 4.78 is 5.10. The lowest BCUT2D eigenvalue weighted by Crippen LogP contribution is -2.51. The van der Waals surface area contributed by atoms with Crippen molar-refractivity contribution >= 4 is 5.96 Å². The number of hydrogen-bond acceptors (Lipinski definition) is 4. The van der Waals surface area contributed by atoms with Crippen LogP contribution in [0.3, 0.4) is 0 Å². The lowest BCUT2D eigenvalue weighted by molar-refractivity contribution is 0.134. The third-order valence-electron chi connectivity index (χ3n) is 5.27. The van der Waals surface area contributed by atoms with Crippen LogP contribution in [-0.4, -0.2) is 48.6 Å². The predicted octanol–water partition coefficient (Wildman–Crippen LogP) is 2.81. The van der Waals surface area contributed by atoms with Gasteiger partial charge in [0.2, 0.25) is 5.88 Å². The minimum Gasteiger partial charge on any atom is -0.481 e. The summed E-state index contributed by atoms with van der Waals surface area (Å²) >= 11 is 0. The van der Waals surface area contributed by atoms with Gasteiger partial charge in [-0.25, -0.2) is 4.98 Å². The molecule has 0 amide bonds. The number of likely N-dealkylation sites (tertiary alicyclic amines) is 1. The van der Waals surface area contributed by atoms with Gasteiger partial charge in [0.1, 0.15) is 0 Å². The fraction of sp³-hybridized carbons (Fsp3) is 0.455. The van der Waals surface area contributed by atoms with Crippen molar-refractivity contribution in [3.8, 4) is 5.88 Å². The first-order chi connectivity index (χ1) is 13.7. The molecule has 1 aromatic carbocycles. The number of piperidine rings is 1. The zero-order valence-electron chi connectivity index (χ0n) is 17.1. The first kappa shape index (κ1) is 20.1. The van der Waals surface area contributed by atoms with Gasteiger partial charge >= 0.3 is 0 Å². The Labute approximate surface area is 168 Å². The molecular formula is C22H31N5O. The molecule has 1 fully saturated rings. The maximum Gasteiger partial charge on any atom is 0.212 e. The SMILES string of the molecule is CN=C(NCc1ccc(OC)nc1)NC1CCN(Cc2ccccc2)C(C)C1. The highest BCUT2D eigenvalue weighted by Gasteiger charge is 2.25. The normalized spacial score (nSPS) is 20.6. The maximum atomic E-state index is 5.10. The molecule has 1 aromatic heterocycles. The maximum absolute atomic E-state index is 5.10. The molecule has 2 heterocycles. The number of hydrogen-bond donors (Lipinski definition) is 2. The molecule has 1 saturated heterocycles. The standard InChI is InChI=1S/C22H31N5O/c1-17-13-20(11-12-27(17)16-18-7-5-4-6-8-18)26-22(23-2)25-15-19-9-10-21(28-3)24-14-19/h4-10,14,17,20H,11-13,15-16H2,1-3H3,(H2,23,25,26). The summed E-state index contributed by atoms with van der Waals surface area (Å²) in [6, 6.07) is 15.6. The molecule has 0 saturated carbocycles. The lowest BCUT2D eigenvalue weighted by atomic mass is 9.97. The third-order valence-corrected chi connectivity index (χ3v) is 5.27. The van der Waals surface area contributed by atoms with E-state index >= 15 is 0 Å². The van der Waals surface area contributed by atoms with Crippen molar-refractivity contribution in [1.29, 1.82) is 0 Å². The number of aliphatic imine (C=N–C) groups is 1. The number of ether oxygens (including phenoxy) is 1. The highest BCUT2D eigenvalue weighted by molar-refractivity contribution is 5.79. The number of methoxy groups -OCH3 is 1. The van der Waals surface area contributed by atoms with Gasteiger partial charge in [-0.2, -0.15) is 0 Å². The number of benzene rings is 1. The molecule has 0 bridgehead atoms. The Morgan fingerprint density at radius 1 is 1.21 bits per heavy atom. The zero-order valence-corrected chi connectivity index (χ0v) is 17.1. The number of rotatable bonds is 6. The molecule has 1 aliphatic rings. The summed E-state index contributed by atoms with van der Waals surface area (Å²) in [6.07, 6.45) is 4.04. The predicted molar refractivity (Wildman–Crippen MR) is 113 cm³/mol. The van der Waals surface area contributed by atoms with Gasteiger partial charge in [0.25, 0.3) is 0 Å². The average molecular weight is 382 g/mol. The van der Waals surface area contributed by atoms with Gasteiger partial charge in [0.05, 0.1) is 7.11 Å². The van der Waals surface area contributed by atoms with Crippen LogP contribution in [0.15, 0.2) is 53.7 Å². The van der Waals surface area contributed by atoms with Gasteiger partial charge in [-0.15, -0.1) is 0 Å². The Kier molecular flexibility index (Phi) is 7.25. The second-order valence-corrected chi connectivity index (χ2v) is 7.31. The minimum absolute atomic E-state index is 0.433. The largest absolute Gasteiger partial charge is 0.481 e. The van der Waals surface area contributed by atoms with Gasteiger partial charge in [-0.1, -0.05) is 36.4 Å². The van der Waals surface area contributed by atoms with Crippen molar-refractivity contribution in [2.45, 2.75) is 44.9 Å². The van der Waals surface area contributed by atoms with E-state index in [0.29, 0.717) is 24.5 Å². The Morgan fingerprint density at radius 3 is 2.68 bits per heavy atom. The number of pyridine rings is 1. The minimum atomic E-state index is 0.433. The van der Waals surface area contributed by atoms with Crippen LogP contribution in [0, 0.1) is 0 Å². The van der Waals surface area contributed by atoms with Gasteiger partial charge in [-0.3, -0.25) is 9.89 Å². The smallest absolute Gasteiger partial charge is 0.212 e. The quantitative estimate of drug-likeness (QED) is 0.595. The number of aromatic nitrogens is 1. The summed E-state index contributed by atoms with van der Waals surface area (Å²) in [4.78, 5) is 11.2. The van der Waals surface area contributed by atoms with E-state index in [1.54, 1.807) is 7.11 Å². The third kappa shape index (κ3) is 5.70. The summed E-state index contributed by atoms with van der Waals surface area (Å²) in [7, 11) is 3.44. The van der Waals surface area contributed by atoms with Crippen LogP contribution in [0.2, 0.25) is 0 Å². The summed E-state index contributed by atoms with van der Waals surface area (Å²) in [6.45, 7) is 5.11. The van der Waals surface area contributed by atoms with Crippen LogP contribution < -0.4 is 15.4 Å². The molecule has 6 nitrogen and oxygen atoms in total. The van der Waals surface area contributed by atoms with Crippen LogP contribution in [0.4, 0.5) is 0 Å². The lowest BCUT2D eigenvalue weighted by Gasteiger charge is -2.38. The van der Waals surface area contributed by atoms with Crippen molar-refractivity contribution < 1.29 is 4.74 Å². The monoisotopic (exact) mass is 381 g/mol. The van der Waals surface area contributed by atoms with E-state index in [1.165, 1.54) is 5.56 Å². The van der Waals surface area contributed by atoms with Gasteiger partial charge in [0.15, 0.2) is 5.96 Å². The van der Waals surface area contributed by atoms with Gasteiger partial charge in [-0.05, 0) is 30.9 Å². The van der Waals surface area contributed by atoms with Crippen LogP contribution in [0.1, 0.15) is 30.9 Å². The summed E-state index contributed by atoms with van der Waals surface area (Å²) in [5.41, 5.74) is 2.47. The van der Waals surface area contributed by atoms with E-state index in [9.17, 15) is 0 Å². The van der Waals surface area contributed by atoms with Gasteiger partial charge < -0.3 is 15.4 Å². The molecule has 0 radical (unpaired) electrons. The molecule has 28 heavy (non-hydrogen) atoms. The molecule has 2 aromatic rings. The summed E-state index contributed by atoms with van der Waals surface area (Å²) in [5, 5.41) is 6.96. The van der Waals surface area contributed by atoms with Crippen LogP contribution in [0.25, 0.3) is 0 Å². The van der Waals surface area contributed by atoms with Gasteiger partial charge in [0, 0.05) is 51.0 Å². The highest BCUT2D eigenvalue weighted by atomic mass is 16.5. The van der Waals surface area contributed by atoms with Crippen LogP contribution in [-0.2, 0) is 13.1 Å². The number of guanidine groups is 1. The second kappa shape index (κ2) is 10.1. The second-order valence-electron chi connectivity index (χ2n) is 7.31. The molecule has 0 aliphatic carbocycles. The van der Waals surface area contributed by atoms with Crippen molar-refractivity contribution in [2.75, 3.05) is 20.7 Å². The fourth-order valence-corrected chi connectivity index (χ4v) is 3.61. The fourth-order valence-electron chi connectivity index (χ4n) is 3.61. The van der Waals surface area contributed by atoms with E-state index in [0.717, 1.165) is 37.5 Å². The highest BCUT2D eigenvalue weighted by Crippen LogP contribution is 2.20. The number of nitrogens with zero attached hydrogens (tertiary/aromatic N) is 3.